The van der Waals surface area contributed by atoms with E-state index in [1.807, 2.05) is 6.07 Å². The molecule has 1 heterocycles. The third kappa shape index (κ3) is 6.37. The molecule has 4 aromatic rings. The molecule has 1 atom stereocenters. The zero-order valence-electron chi connectivity index (χ0n) is 21.6. The Balaban J connectivity index is 1.56. The summed E-state index contributed by atoms with van der Waals surface area (Å²) in [5.41, 5.74) is 1.95. The number of anilines is 1. The topological polar surface area (TPSA) is 120 Å². The third-order valence-corrected chi connectivity index (χ3v) is 5.74. The summed E-state index contributed by atoms with van der Waals surface area (Å²) in [6.07, 6.45) is -0.929. The van der Waals surface area contributed by atoms with Gasteiger partial charge in [-0.2, -0.15) is 5.26 Å². The van der Waals surface area contributed by atoms with Gasteiger partial charge in [-0.3, -0.25) is 10.1 Å². The Kier molecular flexibility index (Phi) is 8.49. The van der Waals surface area contributed by atoms with Gasteiger partial charge in [0, 0.05) is 11.1 Å². The molecule has 39 heavy (non-hydrogen) atoms. The second kappa shape index (κ2) is 12.3. The monoisotopic (exact) mass is 526 g/mol. The van der Waals surface area contributed by atoms with Crippen molar-refractivity contribution >= 4 is 17.8 Å². The van der Waals surface area contributed by atoms with Crippen molar-refractivity contribution in [3.63, 3.8) is 0 Å². The first-order valence-corrected chi connectivity index (χ1v) is 12.0. The minimum absolute atomic E-state index is 0.0660. The predicted molar refractivity (Wildman–Crippen MR) is 144 cm³/mol. The number of amides is 1. The number of ether oxygens (including phenoxy) is 4. The van der Waals surface area contributed by atoms with E-state index in [4.69, 9.17) is 23.4 Å². The van der Waals surface area contributed by atoms with Gasteiger partial charge < -0.3 is 23.4 Å². The van der Waals surface area contributed by atoms with Crippen LogP contribution < -0.4 is 19.5 Å². The quantitative estimate of drug-likeness (QED) is 0.271. The summed E-state index contributed by atoms with van der Waals surface area (Å²) < 4.78 is 27.1. The number of esters is 1. The van der Waals surface area contributed by atoms with Gasteiger partial charge in [-0.1, -0.05) is 30.3 Å². The molecule has 9 nitrogen and oxygen atoms in total. The second-order valence-electron chi connectivity index (χ2n) is 8.31. The Hall–Kier alpha value is -5.23. The molecule has 1 unspecified atom stereocenters. The van der Waals surface area contributed by atoms with Crippen LogP contribution in [0.4, 0.5) is 5.88 Å². The summed E-state index contributed by atoms with van der Waals surface area (Å²) in [5, 5.41) is 12.6. The molecule has 0 saturated carbocycles. The second-order valence-corrected chi connectivity index (χ2v) is 8.31. The summed E-state index contributed by atoms with van der Waals surface area (Å²) >= 11 is 0. The van der Waals surface area contributed by atoms with Crippen LogP contribution >= 0.6 is 0 Å². The van der Waals surface area contributed by atoms with Gasteiger partial charge >= 0.3 is 5.97 Å². The molecule has 0 fully saturated rings. The maximum atomic E-state index is 12.7. The summed E-state index contributed by atoms with van der Waals surface area (Å²) in [5.74, 6) is 0.707. The van der Waals surface area contributed by atoms with E-state index >= 15 is 0 Å². The standard InChI is InChI=1S/C30H26N2O7/c1-19(38-24-7-5-4-6-8-24)30(34)37-18-26(33)32-29-25(17-31)27(20-9-13-22(35-2)14-10-20)28(39-29)21-11-15-23(36-3)16-12-21/h4-16,19H,18H2,1-3H3,(H,32,33). The zero-order valence-corrected chi connectivity index (χ0v) is 21.6. The van der Waals surface area contributed by atoms with Crippen LogP contribution in [0.3, 0.4) is 0 Å². The fourth-order valence-electron chi connectivity index (χ4n) is 3.77. The summed E-state index contributed by atoms with van der Waals surface area (Å²) in [7, 11) is 3.12. The van der Waals surface area contributed by atoms with E-state index in [1.54, 1.807) is 87.0 Å². The van der Waals surface area contributed by atoms with Gasteiger partial charge in [0.1, 0.15) is 34.6 Å². The van der Waals surface area contributed by atoms with E-state index in [0.29, 0.717) is 39.7 Å². The number of nitriles is 1. The van der Waals surface area contributed by atoms with Crippen molar-refractivity contribution < 1.29 is 33.0 Å². The molecule has 0 aliphatic rings. The van der Waals surface area contributed by atoms with E-state index in [-0.39, 0.29) is 11.4 Å². The maximum absolute atomic E-state index is 12.7. The van der Waals surface area contributed by atoms with Crippen LogP contribution in [-0.2, 0) is 14.3 Å². The van der Waals surface area contributed by atoms with E-state index in [0.717, 1.165) is 0 Å². The van der Waals surface area contributed by atoms with E-state index in [1.165, 1.54) is 6.92 Å². The first kappa shape index (κ1) is 26.8. The van der Waals surface area contributed by atoms with Crippen LogP contribution in [0.1, 0.15) is 12.5 Å². The molecule has 0 radical (unpaired) electrons. The van der Waals surface area contributed by atoms with Crippen LogP contribution in [0, 0.1) is 11.3 Å². The van der Waals surface area contributed by atoms with Crippen LogP contribution in [0.25, 0.3) is 22.5 Å². The Labute approximate surface area is 225 Å². The summed E-state index contributed by atoms with van der Waals surface area (Å²) in [6, 6.07) is 25.1. The number of benzene rings is 3. The number of hydrogen-bond donors (Lipinski definition) is 1. The average molecular weight is 527 g/mol. The average Bonchev–Trinajstić information content (AvgIpc) is 3.34. The Morgan fingerprint density at radius 1 is 0.872 bits per heavy atom. The van der Waals surface area contributed by atoms with E-state index in [2.05, 4.69) is 11.4 Å². The smallest absolute Gasteiger partial charge is 0.347 e. The summed E-state index contributed by atoms with van der Waals surface area (Å²) in [6.45, 7) is 0.929. The zero-order chi connectivity index (χ0) is 27.8. The van der Waals surface area contributed by atoms with Crippen molar-refractivity contribution in [1.82, 2.24) is 0 Å². The highest BCUT2D eigenvalue weighted by Crippen LogP contribution is 2.42. The number of nitrogens with zero attached hydrogens (tertiary/aromatic N) is 1. The van der Waals surface area contributed by atoms with Crippen LogP contribution in [0.15, 0.2) is 83.3 Å². The predicted octanol–water partition coefficient (Wildman–Crippen LogP) is 5.45. The van der Waals surface area contributed by atoms with Gasteiger partial charge in [0.05, 0.1) is 14.2 Å². The van der Waals surface area contributed by atoms with Crippen molar-refractivity contribution in [3.05, 3.63) is 84.4 Å². The highest BCUT2D eigenvalue weighted by molar-refractivity contribution is 5.97. The third-order valence-electron chi connectivity index (χ3n) is 5.74. The van der Waals surface area contributed by atoms with Crippen LogP contribution in [0.5, 0.6) is 17.2 Å². The number of rotatable bonds is 10. The highest BCUT2D eigenvalue weighted by atomic mass is 16.6. The normalized spacial score (nSPS) is 11.1. The van der Waals surface area contributed by atoms with Crippen molar-refractivity contribution in [3.8, 4) is 45.8 Å². The van der Waals surface area contributed by atoms with Crippen molar-refractivity contribution in [2.75, 3.05) is 26.1 Å². The Morgan fingerprint density at radius 2 is 1.46 bits per heavy atom. The van der Waals surface area contributed by atoms with Gasteiger partial charge in [0.25, 0.3) is 5.91 Å². The number of furan rings is 1. The Morgan fingerprint density at radius 3 is 2.03 bits per heavy atom. The number of hydrogen-bond acceptors (Lipinski definition) is 8. The number of methoxy groups -OCH3 is 2. The largest absolute Gasteiger partial charge is 0.497 e. The van der Waals surface area contributed by atoms with Gasteiger partial charge in [-0.25, -0.2) is 4.79 Å². The molecule has 1 amide bonds. The first-order valence-electron chi connectivity index (χ1n) is 12.0. The number of nitrogens with one attached hydrogen (secondary N) is 1. The maximum Gasteiger partial charge on any atom is 0.347 e. The number of carbonyl (C=O) groups is 2. The molecule has 0 spiro atoms. The molecule has 9 heteroatoms. The van der Waals surface area contributed by atoms with E-state index in [9.17, 15) is 14.9 Å². The molecular formula is C30H26N2O7. The lowest BCUT2D eigenvalue weighted by molar-refractivity contribution is -0.153. The summed E-state index contributed by atoms with van der Waals surface area (Å²) in [4.78, 5) is 25.0. The van der Waals surface area contributed by atoms with Crippen LogP contribution in [0.2, 0.25) is 0 Å². The molecule has 0 saturated heterocycles. The lowest BCUT2D eigenvalue weighted by Gasteiger charge is -2.13. The molecule has 4 rings (SSSR count). The molecule has 1 N–H and O–H groups in total. The first-order chi connectivity index (χ1) is 18.9. The molecule has 0 bridgehead atoms. The minimum atomic E-state index is -0.929. The molecule has 3 aromatic carbocycles. The van der Waals surface area contributed by atoms with Gasteiger partial charge in [-0.05, 0) is 61.0 Å². The molecule has 0 aliphatic carbocycles. The highest BCUT2D eigenvalue weighted by Gasteiger charge is 2.25. The van der Waals surface area contributed by atoms with Crippen LogP contribution in [-0.4, -0.2) is 38.8 Å². The lowest BCUT2D eigenvalue weighted by Crippen LogP contribution is -2.29. The molecule has 0 aliphatic heterocycles. The van der Waals surface area contributed by atoms with Gasteiger partial charge in [0.2, 0.25) is 5.88 Å². The molecule has 198 valence electrons. The van der Waals surface area contributed by atoms with Gasteiger partial charge in [0.15, 0.2) is 12.7 Å². The number of para-hydroxylation sites is 1. The number of carbonyl (C=O) groups excluding carboxylic acids is 2. The van der Waals surface area contributed by atoms with E-state index < -0.39 is 24.6 Å². The molecule has 1 aromatic heterocycles. The SMILES string of the molecule is COc1ccc(-c2oc(NC(=O)COC(=O)C(C)Oc3ccccc3)c(C#N)c2-c2ccc(OC)cc2)cc1. The Bertz CT molecular complexity index is 1470. The molecular weight excluding hydrogens is 500 g/mol. The van der Waals surface area contributed by atoms with Crippen molar-refractivity contribution in [2.24, 2.45) is 0 Å². The lowest BCUT2D eigenvalue weighted by atomic mass is 9.98. The van der Waals surface area contributed by atoms with Gasteiger partial charge in [-0.15, -0.1) is 0 Å². The fraction of sp³-hybridized carbons (Fsp3) is 0.167. The minimum Gasteiger partial charge on any atom is -0.497 e. The fourth-order valence-corrected chi connectivity index (χ4v) is 3.77. The van der Waals surface area contributed by atoms with Crippen molar-refractivity contribution in [2.45, 2.75) is 13.0 Å². The van der Waals surface area contributed by atoms with Crippen molar-refractivity contribution in [1.29, 1.82) is 5.26 Å².